The lowest BCUT2D eigenvalue weighted by atomic mass is 10.1. The van der Waals surface area contributed by atoms with Crippen LogP contribution in [0.1, 0.15) is 12.6 Å². The Morgan fingerprint density at radius 1 is 1.39 bits per heavy atom. The molecule has 0 spiro atoms. The molecular formula is C14H25N5O3S. The summed E-state index contributed by atoms with van der Waals surface area (Å²) < 4.78 is 29.0. The second-order valence-corrected chi connectivity index (χ2v) is 7.75. The highest BCUT2D eigenvalue weighted by Crippen LogP contribution is 2.22. The highest BCUT2D eigenvalue weighted by atomic mass is 32.2. The molecule has 9 heteroatoms. The Kier molecular flexibility index (Phi) is 5.43. The van der Waals surface area contributed by atoms with Crippen LogP contribution in [-0.4, -0.2) is 73.6 Å². The van der Waals surface area contributed by atoms with Gasteiger partial charge in [-0.15, -0.1) is 0 Å². The van der Waals surface area contributed by atoms with Crippen LogP contribution in [0.4, 0.5) is 0 Å². The lowest BCUT2D eigenvalue weighted by molar-refractivity contribution is -0.124. The molecule has 1 N–H and O–H groups in total. The van der Waals surface area contributed by atoms with E-state index < -0.39 is 10.0 Å². The van der Waals surface area contributed by atoms with Crippen molar-refractivity contribution in [2.75, 3.05) is 40.3 Å². The molecule has 1 aliphatic rings. The summed E-state index contributed by atoms with van der Waals surface area (Å²) in [5, 5.41) is 6.74. The van der Waals surface area contributed by atoms with Crippen LogP contribution in [0.3, 0.4) is 0 Å². The highest BCUT2D eigenvalue weighted by Gasteiger charge is 2.34. The Balaban J connectivity index is 2.33. The van der Waals surface area contributed by atoms with E-state index in [4.69, 9.17) is 0 Å². The SMILES string of the molecule is CCn1ncc(S(=O)(=O)N2CCN(C)C[C@@H](C(=O)NC)C2)c1C. The number of carbonyl (C=O) groups is 1. The van der Waals surface area contributed by atoms with Crippen LogP contribution >= 0.6 is 0 Å². The zero-order valence-corrected chi connectivity index (χ0v) is 14.9. The van der Waals surface area contributed by atoms with Gasteiger partial charge >= 0.3 is 0 Å². The smallest absolute Gasteiger partial charge is 0.246 e. The molecule has 8 nitrogen and oxygen atoms in total. The molecule has 2 heterocycles. The van der Waals surface area contributed by atoms with Gasteiger partial charge in [0.2, 0.25) is 15.9 Å². The molecule has 0 saturated carbocycles. The monoisotopic (exact) mass is 343 g/mol. The van der Waals surface area contributed by atoms with Crippen molar-refractivity contribution in [3.63, 3.8) is 0 Å². The molecule has 1 aromatic heterocycles. The molecule has 130 valence electrons. The zero-order chi connectivity index (χ0) is 17.2. The van der Waals surface area contributed by atoms with Gasteiger partial charge in [-0.1, -0.05) is 0 Å². The summed E-state index contributed by atoms with van der Waals surface area (Å²) in [5.74, 6) is -0.524. The fourth-order valence-corrected chi connectivity index (χ4v) is 4.51. The first-order chi connectivity index (χ1) is 10.8. The van der Waals surface area contributed by atoms with E-state index in [1.165, 1.54) is 10.5 Å². The minimum atomic E-state index is -3.66. The van der Waals surface area contributed by atoms with E-state index >= 15 is 0 Å². The molecule has 0 aliphatic carbocycles. The predicted molar refractivity (Wildman–Crippen MR) is 86.5 cm³/mol. The van der Waals surface area contributed by atoms with Crippen molar-refractivity contribution in [3.05, 3.63) is 11.9 Å². The third kappa shape index (κ3) is 3.56. The zero-order valence-electron chi connectivity index (χ0n) is 14.1. The van der Waals surface area contributed by atoms with Crippen LogP contribution in [-0.2, 0) is 21.4 Å². The minimum absolute atomic E-state index is 0.139. The largest absolute Gasteiger partial charge is 0.359 e. The topological polar surface area (TPSA) is 87.5 Å². The highest BCUT2D eigenvalue weighted by molar-refractivity contribution is 7.89. The number of aryl methyl sites for hydroxylation is 1. The molecule has 23 heavy (non-hydrogen) atoms. The van der Waals surface area contributed by atoms with Gasteiger partial charge in [-0.25, -0.2) is 8.42 Å². The molecule has 1 atom stereocenters. The van der Waals surface area contributed by atoms with Gasteiger partial charge in [0.15, 0.2) is 0 Å². The van der Waals surface area contributed by atoms with E-state index in [1.54, 1.807) is 18.7 Å². The summed E-state index contributed by atoms with van der Waals surface area (Å²) >= 11 is 0. The first-order valence-electron chi connectivity index (χ1n) is 7.74. The third-order valence-corrected chi connectivity index (χ3v) is 6.25. The number of rotatable bonds is 4. The maximum Gasteiger partial charge on any atom is 0.246 e. The molecule has 1 saturated heterocycles. The molecule has 2 rings (SSSR count). The number of sulfonamides is 1. The van der Waals surface area contributed by atoms with Crippen molar-refractivity contribution in [1.82, 2.24) is 24.3 Å². The number of hydrogen-bond acceptors (Lipinski definition) is 5. The van der Waals surface area contributed by atoms with E-state index in [-0.39, 0.29) is 23.3 Å². The van der Waals surface area contributed by atoms with Gasteiger partial charge in [0.1, 0.15) is 4.90 Å². The lowest BCUT2D eigenvalue weighted by Gasteiger charge is -2.22. The number of nitrogens with one attached hydrogen (secondary N) is 1. The van der Waals surface area contributed by atoms with Gasteiger partial charge in [-0.05, 0) is 20.9 Å². The van der Waals surface area contributed by atoms with Gasteiger partial charge in [0.25, 0.3) is 0 Å². The second kappa shape index (κ2) is 6.98. The quantitative estimate of drug-likeness (QED) is 0.797. The fraction of sp³-hybridized carbons (Fsp3) is 0.714. The maximum atomic E-state index is 13.0. The van der Waals surface area contributed by atoms with Crippen LogP contribution in [0.2, 0.25) is 0 Å². The Labute approximate surface area is 137 Å². The molecule has 1 aromatic rings. The Morgan fingerprint density at radius 3 is 2.65 bits per heavy atom. The number of carbonyl (C=O) groups excluding carboxylic acids is 1. The summed E-state index contributed by atoms with van der Waals surface area (Å²) in [5.41, 5.74) is 0.626. The summed E-state index contributed by atoms with van der Waals surface area (Å²) in [6.45, 7) is 5.96. The van der Waals surface area contributed by atoms with Crippen LogP contribution in [0.5, 0.6) is 0 Å². The first kappa shape index (κ1) is 17.9. The number of hydrogen-bond donors (Lipinski definition) is 1. The van der Waals surface area contributed by atoms with Crippen molar-refractivity contribution < 1.29 is 13.2 Å². The maximum absolute atomic E-state index is 13.0. The summed E-state index contributed by atoms with van der Waals surface area (Å²) in [4.78, 5) is 14.2. The van der Waals surface area contributed by atoms with E-state index in [2.05, 4.69) is 10.4 Å². The third-order valence-electron chi connectivity index (χ3n) is 4.28. The van der Waals surface area contributed by atoms with E-state index in [1.807, 2.05) is 18.9 Å². The van der Waals surface area contributed by atoms with Crippen molar-refractivity contribution in [2.24, 2.45) is 5.92 Å². The second-order valence-electron chi connectivity index (χ2n) is 5.85. The fourth-order valence-electron chi connectivity index (χ4n) is 2.87. The Hall–Kier alpha value is -1.45. The van der Waals surface area contributed by atoms with E-state index in [9.17, 15) is 13.2 Å². The minimum Gasteiger partial charge on any atom is -0.359 e. The molecule has 1 aliphatic heterocycles. The van der Waals surface area contributed by atoms with Crippen molar-refractivity contribution in [2.45, 2.75) is 25.3 Å². The molecule has 0 bridgehead atoms. The first-order valence-corrected chi connectivity index (χ1v) is 9.18. The van der Waals surface area contributed by atoms with Gasteiger partial charge in [0, 0.05) is 39.8 Å². The molecule has 1 amide bonds. The number of amides is 1. The van der Waals surface area contributed by atoms with Crippen LogP contribution in [0.25, 0.3) is 0 Å². The van der Waals surface area contributed by atoms with Gasteiger partial charge in [-0.3, -0.25) is 9.48 Å². The van der Waals surface area contributed by atoms with E-state index in [0.717, 1.165) is 0 Å². The van der Waals surface area contributed by atoms with Crippen molar-refractivity contribution in [1.29, 1.82) is 0 Å². The van der Waals surface area contributed by atoms with Crippen LogP contribution in [0.15, 0.2) is 11.1 Å². The molecule has 1 fully saturated rings. The number of aromatic nitrogens is 2. The average molecular weight is 343 g/mol. The molecule has 0 radical (unpaired) electrons. The normalized spacial score (nSPS) is 21.1. The molecular weight excluding hydrogens is 318 g/mol. The van der Waals surface area contributed by atoms with Crippen LogP contribution in [0, 0.1) is 12.8 Å². The summed E-state index contributed by atoms with van der Waals surface area (Å²) in [7, 11) is -0.194. The average Bonchev–Trinajstić information content (AvgIpc) is 2.78. The van der Waals surface area contributed by atoms with Gasteiger partial charge in [-0.2, -0.15) is 9.40 Å². The Morgan fingerprint density at radius 2 is 2.09 bits per heavy atom. The Bertz CT molecular complexity index is 670. The van der Waals surface area contributed by atoms with E-state index in [0.29, 0.717) is 31.9 Å². The lowest BCUT2D eigenvalue weighted by Crippen LogP contribution is -2.41. The van der Waals surface area contributed by atoms with Crippen LogP contribution < -0.4 is 5.32 Å². The summed E-state index contributed by atoms with van der Waals surface area (Å²) in [6, 6.07) is 0. The molecule has 0 aromatic carbocycles. The van der Waals surface area contributed by atoms with Crippen molar-refractivity contribution >= 4 is 15.9 Å². The number of nitrogens with zero attached hydrogens (tertiary/aromatic N) is 4. The van der Waals surface area contributed by atoms with Crippen molar-refractivity contribution in [3.8, 4) is 0 Å². The molecule has 0 unspecified atom stereocenters. The van der Waals surface area contributed by atoms with Gasteiger partial charge in [0.05, 0.1) is 17.8 Å². The summed E-state index contributed by atoms with van der Waals surface area (Å²) in [6.07, 6.45) is 1.40. The van der Waals surface area contributed by atoms with Gasteiger partial charge < -0.3 is 10.2 Å². The standard InChI is InChI=1S/C14H25N5O3S/c1-5-19-11(2)13(8-16-19)23(21,22)18-7-6-17(4)9-12(10-18)14(20)15-3/h8,12H,5-7,9-10H2,1-4H3,(H,15,20)/t12-/m1/s1. The predicted octanol–water partition coefficient (Wildman–Crippen LogP) is -0.490. The number of likely N-dealkylation sites (N-methyl/N-ethyl adjacent to an activating group) is 1.